The minimum Gasteiger partial charge on any atom is -0.506 e. The third-order valence-electron chi connectivity index (χ3n) is 2.20. The van der Waals surface area contributed by atoms with Crippen LogP contribution in [0.3, 0.4) is 0 Å². The molecular formula is C11H7ClN2O3. The number of pyridine rings is 1. The molecule has 2 rings (SSSR count). The number of hydrogen-bond donors (Lipinski definition) is 1. The standard InChI is InChI=1S/C11H7ClN2O3/c12-9-5-7(1-4-11(9)15)10-3-2-8(6-13-10)14(16)17/h1-6,15H. The molecule has 5 nitrogen and oxygen atoms in total. The highest BCUT2D eigenvalue weighted by molar-refractivity contribution is 6.32. The summed E-state index contributed by atoms with van der Waals surface area (Å²) in [7, 11) is 0. The first-order valence-corrected chi connectivity index (χ1v) is 5.05. The van der Waals surface area contributed by atoms with Gasteiger partial charge in [0.05, 0.1) is 15.6 Å². The predicted molar refractivity (Wildman–Crippen MR) is 63.0 cm³/mol. The molecule has 1 aromatic carbocycles. The summed E-state index contributed by atoms with van der Waals surface area (Å²) in [6.07, 6.45) is 1.18. The van der Waals surface area contributed by atoms with Crippen LogP contribution in [0, 0.1) is 10.1 Å². The molecule has 0 aliphatic rings. The van der Waals surface area contributed by atoms with E-state index in [9.17, 15) is 15.2 Å². The molecular weight excluding hydrogens is 244 g/mol. The average Bonchev–Trinajstić information content (AvgIpc) is 2.33. The fourth-order valence-electron chi connectivity index (χ4n) is 1.33. The van der Waals surface area contributed by atoms with E-state index in [-0.39, 0.29) is 16.5 Å². The molecule has 0 atom stereocenters. The number of rotatable bonds is 2. The van der Waals surface area contributed by atoms with Crippen molar-refractivity contribution in [3.8, 4) is 17.0 Å². The molecule has 0 radical (unpaired) electrons. The number of phenolic OH excluding ortho intramolecular Hbond substituents is 1. The molecule has 17 heavy (non-hydrogen) atoms. The van der Waals surface area contributed by atoms with Crippen LogP contribution in [0.1, 0.15) is 0 Å². The number of hydrogen-bond acceptors (Lipinski definition) is 4. The monoisotopic (exact) mass is 250 g/mol. The van der Waals surface area contributed by atoms with E-state index in [1.807, 2.05) is 0 Å². The molecule has 0 spiro atoms. The molecule has 0 bridgehead atoms. The lowest BCUT2D eigenvalue weighted by Crippen LogP contribution is -1.90. The van der Waals surface area contributed by atoms with Gasteiger partial charge in [0.25, 0.3) is 5.69 Å². The summed E-state index contributed by atoms with van der Waals surface area (Å²) < 4.78 is 0. The van der Waals surface area contributed by atoms with Gasteiger partial charge in [-0.05, 0) is 24.3 Å². The second-order valence-electron chi connectivity index (χ2n) is 3.32. The Bertz CT molecular complexity index is 569. The first-order chi connectivity index (χ1) is 8.08. The van der Waals surface area contributed by atoms with Gasteiger partial charge in [-0.15, -0.1) is 0 Å². The number of halogens is 1. The molecule has 6 heteroatoms. The van der Waals surface area contributed by atoms with Crippen molar-refractivity contribution >= 4 is 17.3 Å². The normalized spacial score (nSPS) is 10.2. The Hall–Kier alpha value is -2.14. The van der Waals surface area contributed by atoms with E-state index in [2.05, 4.69) is 4.98 Å². The lowest BCUT2D eigenvalue weighted by molar-refractivity contribution is -0.385. The Morgan fingerprint density at radius 2 is 2.06 bits per heavy atom. The van der Waals surface area contributed by atoms with Gasteiger partial charge in [0.15, 0.2) is 0 Å². The van der Waals surface area contributed by atoms with Crippen molar-refractivity contribution in [2.24, 2.45) is 0 Å². The van der Waals surface area contributed by atoms with Crippen molar-refractivity contribution in [3.63, 3.8) is 0 Å². The quantitative estimate of drug-likeness (QED) is 0.657. The Kier molecular flexibility index (Phi) is 2.93. The van der Waals surface area contributed by atoms with E-state index in [1.54, 1.807) is 12.1 Å². The summed E-state index contributed by atoms with van der Waals surface area (Å²) in [5.74, 6) is -0.0164. The number of phenols is 1. The SMILES string of the molecule is O=[N+]([O-])c1ccc(-c2ccc(O)c(Cl)c2)nc1. The largest absolute Gasteiger partial charge is 0.506 e. The van der Waals surface area contributed by atoms with Crippen LogP contribution in [0.2, 0.25) is 5.02 Å². The van der Waals surface area contributed by atoms with Crippen LogP contribution in [0.25, 0.3) is 11.3 Å². The highest BCUT2D eigenvalue weighted by Gasteiger charge is 2.07. The zero-order valence-electron chi connectivity index (χ0n) is 8.50. The fourth-order valence-corrected chi connectivity index (χ4v) is 1.51. The number of nitro groups is 1. The van der Waals surface area contributed by atoms with Crippen LogP contribution in [0.5, 0.6) is 5.75 Å². The summed E-state index contributed by atoms with van der Waals surface area (Å²) in [6.45, 7) is 0. The molecule has 0 fully saturated rings. The highest BCUT2D eigenvalue weighted by Crippen LogP contribution is 2.28. The maximum Gasteiger partial charge on any atom is 0.287 e. The maximum atomic E-state index is 10.5. The number of nitrogens with zero attached hydrogens (tertiary/aromatic N) is 2. The summed E-state index contributed by atoms with van der Waals surface area (Å²) in [6, 6.07) is 7.52. The van der Waals surface area contributed by atoms with Gasteiger partial charge in [0, 0.05) is 11.6 Å². The fraction of sp³-hybridized carbons (Fsp3) is 0. The molecule has 0 saturated carbocycles. The van der Waals surface area contributed by atoms with Crippen molar-refractivity contribution < 1.29 is 10.0 Å². The topological polar surface area (TPSA) is 76.3 Å². The van der Waals surface area contributed by atoms with Gasteiger partial charge >= 0.3 is 0 Å². The minimum absolute atomic E-state index is 0.0164. The maximum absolute atomic E-state index is 10.5. The van der Waals surface area contributed by atoms with Gasteiger partial charge in [-0.2, -0.15) is 0 Å². The molecule has 1 N–H and O–H groups in total. The second-order valence-corrected chi connectivity index (χ2v) is 3.73. The van der Waals surface area contributed by atoms with Gasteiger partial charge in [0.2, 0.25) is 0 Å². The van der Waals surface area contributed by atoms with Crippen molar-refractivity contribution in [3.05, 3.63) is 51.7 Å². The Balaban J connectivity index is 2.39. The van der Waals surface area contributed by atoms with Crippen LogP contribution in [0.4, 0.5) is 5.69 Å². The Labute approximate surface area is 101 Å². The van der Waals surface area contributed by atoms with Crippen LogP contribution < -0.4 is 0 Å². The molecule has 0 saturated heterocycles. The predicted octanol–water partition coefficient (Wildman–Crippen LogP) is 3.02. The second kappa shape index (κ2) is 4.39. The van der Waals surface area contributed by atoms with Gasteiger partial charge in [-0.1, -0.05) is 11.6 Å². The van der Waals surface area contributed by atoms with Crippen molar-refractivity contribution in [2.75, 3.05) is 0 Å². The molecule has 0 unspecified atom stereocenters. The van der Waals surface area contributed by atoms with E-state index in [0.29, 0.717) is 11.3 Å². The summed E-state index contributed by atoms with van der Waals surface area (Å²) in [4.78, 5) is 13.9. The van der Waals surface area contributed by atoms with Crippen molar-refractivity contribution in [1.29, 1.82) is 0 Å². The molecule has 0 aliphatic heterocycles. The third kappa shape index (κ3) is 2.34. The van der Waals surface area contributed by atoms with Crippen LogP contribution in [0.15, 0.2) is 36.5 Å². The molecule has 86 valence electrons. The number of benzene rings is 1. The van der Waals surface area contributed by atoms with Crippen molar-refractivity contribution in [2.45, 2.75) is 0 Å². The molecule has 2 aromatic rings. The third-order valence-corrected chi connectivity index (χ3v) is 2.50. The Morgan fingerprint density at radius 1 is 1.29 bits per heavy atom. The molecule has 0 aliphatic carbocycles. The van der Waals surface area contributed by atoms with E-state index in [1.165, 1.54) is 24.4 Å². The zero-order chi connectivity index (χ0) is 12.4. The number of aromatic hydroxyl groups is 1. The van der Waals surface area contributed by atoms with Crippen molar-refractivity contribution in [1.82, 2.24) is 4.98 Å². The molecule has 1 aromatic heterocycles. The van der Waals surface area contributed by atoms with Crippen LogP contribution >= 0.6 is 11.6 Å². The van der Waals surface area contributed by atoms with E-state index >= 15 is 0 Å². The smallest absolute Gasteiger partial charge is 0.287 e. The Morgan fingerprint density at radius 3 is 2.59 bits per heavy atom. The first kappa shape index (κ1) is 11.3. The summed E-state index contributed by atoms with van der Waals surface area (Å²) >= 11 is 5.76. The average molecular weight is 251 g/mol. The minimum atomic E-state index is -0.513. The van der Waals surface area contributed by atoms with E-state index in [4.69, 9.17) is 11.6 Å². The van der Waals surface area contributed by atoms with E-state index in [0.717, 1.165) is 0 Å². The molecule has 1 heterocycles. The van der Waals surface area contributed by atoms with Gasteiger partial charge in [-0.25, -0.2) is 4.98 Å². The highest BCUT2D eigenvalue weighted by atomic mass is 35.5. The summed E-state index contributed by atoms with van der Waals surface area (Å²) in [5, 5.41) is 19.9. The first-order valence-electron chi connectivity index (χ1n) is 4.67. The van der Waals surface area contributed by atoms with Crippen LogP contribution in [-0.2, 0) is 0 Å². The molecule has 0 amide bonds. The zero-order valence-corrected chi connectivity index (χ0v) is 9.26. The van der Waals surface area contributed by atoms with Gasteiger partial charge in [0.1, 0.15) is 11.9 Å². The number of aromatic nitrogens is 1. The van der Waals surface area contributed by atoms with Gasteiger partial charge in [-0.3, -0.25) is 10.1 Å². The summed E-state index contributed by atoms with van der Waals surface area (Å²) in [5.41, 5.74) is 1.17. The lowest BCUT2D eigenvalue weighted by atomic mass is 10.1. The van der Waals surface area contributed by atoms with E-state index < -0.39 is 4.92 Å². The van der Waals surface area contributed by atoms with Gasteiger partial charge < -0.3 is 5.11 Å². The lowest BCUT2D eigenvalue weighted by Gasteiger charge is -2.02. The van der Waals surface area contributed by atoms with Crippen LogP contribution in [-0.4, -0.2) is 15.0 Å².